The van der Waals surface area contributed by atoms with Crippen LogP contribution >= 0.6 is 0 Å². The highest BCUT2D eigenvalue weighted by Gasteiger charge is 2.32. The van der Waals surface area contributed by atoms with E-state index in [1.807, 2.05) is 0 Å². The molecule has 0 aliphatic carbocycles. The molecule has 2 aromatic rings. The van der Waals surface area contributed by atoms with Crippen LogP contribution in [0.15, 0.2) is 54.6 Å². The number of hydrogen-bond acceptors (Lipinski definition) is 2. The van der Waals surface area contributed by atoms with Crippen molar-refractivity contribution < 1.29 is 18.3 Å². The first-order valence-electron chi connectivity index (χ1n) is 6.56. The summed E-state index contributed by atoms with van der Waals surface area (Å²) < 4.78 is 38.4. The van der Waals surface area contributed by atoms with Crippen molar-refractivity contribution >= 4 is 5.69 Å². The van der Waals surface area contributed by atoms with Crippen LogP contribution in [0.2, 0.25) is 0 Å². The van der Waals surface area contributed by atoms with Crippen molar-refractivity contribution in [2.75, 3.05) is 5.32 Å². The molecular weight excluding hydrogens is 279 g/mol. The highest BCUT2D eigenvalue weighted by Crippen LogP contribution is 2.32. The van der Waals surface area contributed by atoms with Gasteiger partial charge in [-0.25, -0.2) is 0 Å². The average molecular weight is 295 g/mol. The first-order chi connectivity index (χ1) is 9.99. The molecule has 0 aliphatic rings. The van der Waals surface area contributed by atoms with Gasteiger partial charge in [0.1, 0.15) is 0 Å². The first kappa shape index (κ1) is 15.4. The second-order valence-electron chi connectivity index (χ2n) is 4.74. The largest absolute Gasteiger partial charge is 0.392 e. The molecule has 0 amide bonds. The number of para-hydroxylation sites is 1. The fourth-order valence-corrected chi connectivity index (χ4v) is 2.16. The molecule has 1 atom stereocenters. The quantitative estimate of drug-likeness (QED) is 0.862. The number of alkyl halides is 3. The van der Waals surface area contributed by atoms with E-state index in [1.165, 1.54) is 0 Å². The Balaban J connectivity index is 2.28. The van der Waals surface area contributed by atoms with Crippen LogP contribution in [-0.4, -0.2) is 11.3 Å². The van der Waals surface area contributed by atoms with E-state index in [9.17, 15) is 18.3 Å². The lowest BCUT2D eigenvalue weighted by Crippen LogP contribution is -2.20. The number of hydrogen-bond donors (Lipinski definition) is 2. The van der Waals surface area contributed by atoms with E-state index in [-0.39, 0.29) is 6.61 Å². The number of aliphatic hydroxyl groups excluding tert-OH is 1. The molecule has 2 rings (SSSR count). The standard InChI is InChI=1S/C16H16F3NO/c17-16(18,19)10-15(12-6-2-1-3-7-12)20-14-9-5-4-8-13(14)11-21/h1-9,15,20-21H,10-11H2. The van der Waals surface area contributed by atoms with Gasteiger partial charge < -0.3 is 10.4 Å². The number of nitrogens with one attached hydrogen (secondary N) is 1. The predicted molar refractivity (Wildman–Crippen MR) is 75.8 cm³/mol. The lowest BCUT2D eigenvalue weighted by Gasteiger charge is -2.23. The number of halogens is 3. The predicted octanol–water partition coefficient (Wildman–Crippen LogP) is 4.28. The van der Waals surface area contributed by atoms with Crippen LogP contribution in [0.25, 0.3) is 0 Å². The third-order valence-electron chi connectivity index (χ3n) is 3.15. The van der Waals surface area contributed by atoms with Gasteiger partial charge in [-0.05, 0) is 11.6 Å². The number of aliphatic hydroxyl groups is 1. The number of rotatable bonds is 5. The molecule has 0 saturated heterocycles. The molecular formula is C16H16F3NO. The van der Waals surface area contributed by atoms with Crippen molar-refractivity contribution in [2.45, 2.75) is 25.2 Å². The van der Waals surface area contributed by atoms with Gasteiger partial charge in [0.2, 0.25) is 0 Å². The summed E-state index contributed by atoms with van der Waals surface area (Å²) in [7, 11) is 0. The summed E-state index contributed by atoms with van der Waals surface area (Å²) in [5.74, 6) is 0. The van der Waals surface area contributed by atoms with E-state index in [2.05, 4.69) is 5.32 Å². The molecule has 0 radical (unpaired) electrons. The van der Waals surface area contributed by atoms with Gasteiger partial charge in [-0.3, -0.25) is 0 Å². The Bertz CT molecular complexity index is 569. The zero-order chi connectivity index (χ0) is 15.3. The average Bonchev–Trinajstić information content (AvgIpc) is 2.47. The Morgan fingerprint density at radius 2 is 1.57 bits per heavy atom. The third kappa shape index (κ3) is 4.49. The summed E-state index contributed by atoms with van der Waals surface area (Å²) in [6, 6.07) is 14.4. The van der Waals surface area contributed by atoms with Crippen LogP contribution in [-0.2, 0) is 6.61 Å². The van der Waals surface area contributed by atoms with Crippen LogP contribution in [0.3, 0.4) is 0 Å². The highest BCUT2D eigenvalue weighted by molar-refractivity contribution is 5.52. The number of benzene rings is 2. The molecule has 0 aromatic heterocycles. The maximum Gasteiger partial charge on any atom is 0.391 e. The molecule has 21 heavy (non-hydrogen) atoms. The smallest absolute Gasteiger partial charge is 0.391 e. The molecule has 1 unspecified atom stereocenters. The van der Waals surface area contributed by atoms with Crippen molar-refractivity contribution in [3.05, 3.63) is 65.7 Å². The van der Waals surface area contributed by atoms with Gasteiger partial charge in [0.05, 0.1) is 19.1 Å². The second-order valence-corrected chi connectivity index (χ2v) is 4.74. The minimum atomic E-state index is -4.28. The van der Waals surface area contributed by atoms with Gasteiger partial charge in [-0.2, -0.15) is 13.2 Å². The fraction of sp³-hybridized carbons (Fsp3) is 0.250. The second kappa shape index (κ2) is 6.63. The van der Waals surface area contributed by atoms with Crippen molar-refractivity contribution in [3.8, 4) is 0 Å². The summed E-state index contributed by atoms with van der Waals surface area (Å²) in [6.45, 7) is -0.225. The molecule has 2 N–H and O–H groups in total. The Kier molecular flexibility index (Phi) is 4.85. The van der Waals surface area contributed by atoms with Gasteiger partial charge in [0.25, 0.3) is 0 Å². The highest BCUT2D eigenvalue weighted by atomic mass is 19.4. The fourth-order valence-electron chi connectivity index (χ4n) is 2.16. The molecule has 2 nitrogen and oxygen atoms in total. The van der Waals surface area contributed by atoms with E-state index in [4.69, 9.17) is 0 Å². The van der Waals surface area contributed by atoms with Crippen LogP contribution in [0.4, 0.5) is 18.9 Å². The minimum absolute atomic E-state index is 0.225. The maximum absolute atomic E-state index is 12.8. The van der Waals surface area contributed by atoms with E-state index in [1.54, 1.807) is 54.6 Å². The summed E-state index contributed by atoms with van der Waals surface area (Å²) in [6.07, 6.45) is -5.25. The first-order valence-corrected chi connectivity index (χ1v) is 6.56. The van der Waals surface area contributed by atoms with Gasteiger partial charge >= 0.3 is 6.18 Å². The van der Waals surface area contributed by atoms with Gasteiger partial charge in [-0.15, -0.1) is 0 Å². The maximum atomic E-state index is 12.8. The van der Waals surface area contributed by atoms with Crippen molar-refractivity contribution in [1.82, 2.24) is 0 Å². The molecule has 2 aromatic carbocycles. The van der Waals surface area contributed by atoms with Crippen LogP contribution < -0.4 is 5.32 Å². The SMILES string of the molecule is OCc1ccccc1NC(CC(F)(F)F)c1ccccc1. The Morgan fingerprint density at radius 3 is 2.19 bits per heavy atom. The van der Waals surface area contributed by atoms with Crippen LogP contribution in [0.1, 0.15) is 23.6 Å². The van der Waals surface area contributed by atoms with E-state index >= 15 is 0 Å². The van der Waals surface area contributed by atoms with Crippen molar-refractivity contribution in [2.24, 2.45) is 0 Å². The van der Waals surface area contributed by atoms with E-state index in [0.717, 1.165) is 0 Å². The molecule has 0 bridgehead atoms. The molecule has 5 heteroatoms. The molecule has 0 spiro atoms. The monoisotopic (exact) mass is 295 g/mol. The number of anilines is 1. The summed E-state index contributed by atoms with van der Waals surface area (Å²) in [5.41, 5.74) is 1.64. The molecule has 112 valence electrons. The minimum Gasteiger partial charge on any atom is -0.392 e. The molecule has 0 saturated carbocycles. The topological polar surface area (TPSA) is 32.3 Å². The lowest BCUT2D eigenvalue weighted by atomic mass is 10.0. The van der Waals surface area contributed by atoms with Crippen molar-refractivity contribution in [3.63, 3.8) is 0 Å². The van der Waals surface area contributed by atoms with E-state index < -0.39 is 18.6 Å². The Morgan fingerprint density at radius 1 is 0.952 bits per heavy atom. The normalized spacial score (nSPS) is 13.0. The van der Waals surface area contributed by atoms with Gasteiger partial charge in [0, 0.05) is 11.3 Å². The molecule has 0 heterocycles. The Labute approximate surface area is 121 Å². The Hall–Kier alpha value is -2.01. The van der Waals surface area contributed by atoms with Gasteiger partial charge in [-0.1, -0.05) is 48.5 Å². The summed E-state index contributed by atoms with van der Waals surface area (Å²) in [5, 5.41) is 12.2. The van der Waals surface area contributed by atoms with Gasteiger partial charge in [0.15, 0.2) is 0 Å². The van der Waals surface area contributed by atoms with Crippen molar-refractivity contribution in [1.29, 1.82) is 0 Å². The summed E-state index contributed by atoms with van der Waals surface area (Å²) >= 11 is 0. The van der Waals surface area contributed by atoms with Crippen LogP contribution in [0, 0.1) is 0 Å². The third-order valence-corrected chi connectivity index (χ3v) is 3.15. The van der Waals surface area contributed by atoms with E-state index in [0.29, 0.717) is 16.8 Å². The van der Waals surface area contributed by atoms with Crippen LogP contribution in [0.5, 0.6) is 0 Å². The molecule has 0 fully saturated rings. The zero-order valence-electron chi connectivity index (χ0n) is 11.3. The molecule has 0 aliphatic heterocycles. The lowest BCUT2D eigenvalue weighted by molar-refractivity contribution is -0.137. The zero-order valence-corrected chi connectivity index (χ0v) is 11.3. The summed E-state index contributed by atoms with van der Waals surface area (Å²) in [4.78, 5) is 0.